The third-order valence-electron chi connectivity index (χ3n) is 4.91. The van der Waals surface area contributed by atoms with Crippen LogP contribution in [0.2, 0.25) is 0 Å². The van der Waals surface area contributed by atoms with Crippen molar-refractivity contribution < 1.29 is 9.90 Å². The van der Waals surface area contributed by atoms with E-state index in [1.165, 1.54) is 0 Å². The number of H-pyrrole nitrogens is 1. The van der Waals surface area contributed by atoms with Gasteiger partial charge in [-0.25, -0.2) is 0 Å². The number of hydrogen-bond donors (Lipinski definition) is 2. The predicted octanol–water partition coefficient (Wildman–Crippen LogP) is 3.54. The fraction of sp³-hybridized carbons (Fsp3) is 0.100. The van der Waals surface area contributed by atoms with Gasteiger partial charge < -0.3 is 10.1 Å². The van der Waals surface area contributed by atoms with Crippen LogP contribution in [-0.4, -0.2) is 20.9 Å². The van der Waals surface area contributed by atoms with Gasteiger partial charge in [-0.1, -0.05) is 42.5 Å². The molecule has 1 aliphatic carbocycles. The van der Waals surface area contributed by atoms with Crippen LogP contribution in [0.15, 0.2) is 60.8 Å². The molecule has 0 saturated carbocycles. The average Bonchev–Trinajstić information content (AvgIpc) is 3.11. The maximum atomic E-state index is 12.4. The van der Waals surface area contributed by atoms with E-state index < -0.39 is 5.60 Å². The number of Topliss-reactive ketones (excluding diaryl/α,β-unsaturated/α-hetero) is 1. The molecule has 0 fully saturated rings. The van der Waals surface area contributed by atoms with Crippen molar-refractivity contribution in [2.24, 2.45) is 0 Å². The number of carbonyl (C=O) groups is 1. The van der Waals surface area contributed by atoms with Crippen LogP contribution in [0.3, 0.4) is 0 Å². The molecular formula is C20H14N2O2. The number of ketones is 1. The molecule has 4 nitrogen and oxygen atoms in total. The van der Waals surface area contributed by atoms with Crippen LogP contribution in [-0.2, 0) is 5.60 Å². The fourth-order valence-corrected chi connectivity index (χ4v) is 3.81. The first-order valence-corrected chi connectivity index (χ1v) is 7.89. The zero-order valence-corrected chi connectivity index (χ0v) is 12.8. The van der Waals surface area contributed by atoms with Crippen molar-refractivity contribution in [2.75, 3.05) is 0 Å². The summed E-state index contributed by atoms with van der Waals surface area (Å²) < 4.78 is 0. The lowest BCUT2D eigenvalue weighted by Crippen LogP contribution is -2.26. The summed E-state index contributed by atoms with van der Waals surface area (Å²) in [6, 6.07) is 17.2. The minimum Gasteiger partial charge on any atom is -0.378 e. The third-order valence-corrected chi connectivity index (χ3v) is 4.91. The molecule has 5 rings (SSSR count). The normalized spacial score (nSPS) is 20.0. The lowest BCUT2D eigenvalue weighted by molar-refractivity contribution is 0.0669. The highest BCUT2D eigenvalue weighted by Crippen LogP contribution is 2.43. The highest BCUT2D eigenvalue weighted by atomic mass is 16.3. The largest absolute Gasteiger partial charge is 0.378 e. The van der Waals surface area contributed by atoms with Crippen molar-refractivity contribution in [3.63, 3.8) is 0 Å². The summed E-state index contributed by atoms with van der Waals surface area (Å²) in [5.41, 5.74) is 2.10. The Bertz CT molecular complexity index is 1130. The van der Waals surface area contributed by atoms with Crippen LogP contribution in [0.1, 0.15) is 28.0 Å². The molecule has 0 amide bonds. The van der Waals surface area contributed by atoms with Crippen LogP contribution in [0.4, 0.5) is 0 Å². The second-order valence-electron chi connectivity index (χ2n) is 6.26. The summed E-state index contributed by atoms with van der Waals surface area (Å²) >= 11 is 0. The van der Waals surface area contributed by atoms with Crippen LogP contribution in [0.5, 0.6) is 0 Å². The van der Waals surface area contributed by atoms with Gasteiger partial charge in [0.15, 0.2) is 5.78 Å². The van der Waals surface area contributed by atoms with Crippen molar-refractivity contribution in [1.29, 1.82) is 0 Å². The summed E-state index contributed by atoms with van der Waals surface area (Å²) in [5, 5.41) is 13.5. The molecule has 116 valence electrons. The molecular weight excluding hydrogens is 300 g/mol. The van der Waals surface area contributed by atoms with E-state index in [0.29, 0.717) is 16.8 Å². The van der Waals surface area contributed by atoms with Crippen LogP contribution in [0, 0.1) is 0 Å². The van der Waals surface area contributed by atoms with Gasteiger partial charge in [-0.05, 0) is 12.1 Å². The molecule has 2 aromatic carbocycles. The smallest absolute Gasteiger partial charge is 0.166 e. The lowest BCUT2D eigenvalue weighted by Gasteiger charge is -2.23. The van der Waals surface area contributed by atoms with E-state index in [1.807, 2.05) is 48.5 Å². The number of nitrogens with zero attached hydrogens (tertiary/aromatic N) is 1. The number of aromatic nitrogens is 2. The quantitative estimate of drug-likeness (QED) is 0.565. The summed E-state index contributed by atoms with van der Waals surface area (Å²) in [6.45, 7) is 0. The number of aliphatic hydroxyl groups is 1. The standard InChI is InChI=1S/C20H14N2O2/c23-17-11-20(24,15-7-3-1-6-14(15)17)19-18-13(9-10-21-19)12-5-2-4-8-16(12)22-18/h1-10,22,24H,11H2. The summed E-state index contributed by atoms with van der Waals surface area (Å²) in [4.78, 5) is 20.2. The van der Waals surface area contributed by atoms with Gasteiger partial charge >= 0.3 is 0 Å². The molecule has 2 heterocycles. The minimum atomic E-state index is -1.39. The van der Waals surface area contributed by atoms with Crippen molar-refractivity contribution in [3.05, 3.63) is 77.6 Å². The topological polar surface area (TPSA) is 66.0 Å². The molecule has 2 aromatic heterocycles. The van der Waals surface area contributed by atoms with Crippen LogP contribution < -0.4 is 0 Å². The second kappa shape index (κ2) is 4.52. The van der Waals surface area contributed by atoms with E-state index in [1.54, 1.807) is 12.3 Å². The van der Waals surface area contributed by atoms with Gasteiger partial charge in [0, 0.05) is 40.0 Å². The highest BCUT2D eigenvalue weighted by molar-refractivity contribution is 6.09. The third kappa shape index (κ3) is 1.61. The summed E-state index contributed by atoms with van der Waals surface area (Å²) in [6.07, 6.45) is 1.72. The van der Waals surface area contributed by atoms with Crippen molar-refractivity contribution in [2.45, 2.75) is 12.0 Å². The van der Waals surface area contributed by atoms with E-state index in [4.69, 9.17) is 0 Å². The van der Waals surface area contributed by atoms with Gasteiger partial charge in [-0.2, -0.15) is 0 Å². The van der Waals surface area contributed by atoms with E-state index in [2.05, 4.69) is 9.97 Å². The Kier molecular flexibility index (Phi) is 2.54. The summed E-state index contributed by atoms with van der Waals surface area (Å²) in [7, 11) is 0. The first-order chi connectivity index (χ1) is 11.7. The Balaban J connectivity index is 1.86. The first kappa shape index (κ1) is 13.5. The Morgan fingerprint density at radius 1 is 1.00 bits per heavy atom. The molecule has 4 aromatic rings. The number of para-hydroxylation sites is 1. The Hall–Kier alpha value is -2.98. The lowest BCUT2D eigenvalue weighted by atomic mass is 9.90. The maximum Gasteiger partial charge on any atom is 0.166 e. The van der Waals surface area contributed by atoms with Gasteiger partial charge in [-0.3, -0.25) is 9.78 Å². The zero-order chi connectivity index (χ0) is 16.3. The zero-order valence-electron chi connectivity index (χ0n) is 12.8. The molecule has 1 atom stereocenters. The van der Waals surface area contributed by atoms with Gasteiger partial charge in [0.05, 0.1) is 5.52 Å². The molecule has 0 bridgehead atoms. The number of nitrogens with one attached hydrogen (secondary N) is 1. The Labute approximate surface area is 137 Å². The molecule has 2 N–H and O–H groups in total. The molecule has 4 heteroatoms. The average molecular weight is 314 g/mol. The molecule has 1 unspecified atom stereocenters. The van der Waals surface area contributed by atoms with Crippen LogP contribution >= 0.6 is 0 Å². The number of rotatable bonds is 1. The molecule has 0 aliphatic heterocycles. The fourth-order valence-electron chi connectivity index (χ4n) is 3.81. The number of benzene rings is 2. The first-order valence-electron chi connectivity index (χ1n) is 7.89. The van der Waals surface area contributed by atoms with Crippen molar-refractivity contribution in [1.82, 2.24) is 9.97 Å². The predicted molar refractivity (Wildman–Crippen MR) is 92.0 cm³/mol. The maximum absolute atomic E-state index is 12.4. The van der Waals surface area contributed by atoms with E-state index in [0.717, 1.165) is 21.8 Å². The molecule has 0 radical (unpaired) electrons. The highest BCUT2D eigenvalue weighted by Gasteiger charge is 2.45. The van der Waals surface area contributed by atoms with E-state index in [-0.39, 0.29) is 12.2 Å². The summed E-state index contributed by atoms with van der Waals surface area (Å²) in [5.74, 6) is -0.0528. The number of carbonyl (C=O) groups excluding carboxylic acids is 1. The second-order valence-corrected chi connectivity index (χ2v) is 6.26. The van der Waals surface area contributed by atoms with Crippen molar-refractivity contribution >= 4 is 27.6 Å². The van der Waals surface area contributed by atoms with Crippen molar-refractivity contribution in [3.8, 4) is 0 Å². The number of fused-ring (bicyclic) bond motifs is 4. The van der Waals surface area contributed by atoms with Gasteiger partial charge in [-0.15, -0.1) is 0 Å². The minimum absolute atomic E-state index is 0.0217. The number of pyridine rings is 1. The van der Waals surface area contributed by atoms with E-state index in [9.17, 15) is 9.90 Å². The Morgan fingerprint density at radius 2 is 1.79 bits per heavy atom. The molecule has 0 saturated heterocycles. The molecule has 1 aliphatic rings. The van der Waals surface area contributed by atoms with Gasteiger partial charge in [0.25, 0.3) is 0 Å². The van der Waals surface area contributed by atoms with Crippen LogP contribution in [0.25, 0.3) is 21.8 Å². The van der Waals surface area contributed by atoms with Gasteiger partial charge in [0.2, 0.25) is 0 Å². The van der Waals surface area contributed by atoms with E-state index >= 15 is 0 Å². The van der Waals surface area contributed by atoms with Gasteiger partial charge in [0.1, 0.15) is 11.3 Å². The number of hydrogen-bond acceptors (Lipinski definition) is 3. The monoisotopic (exact) mass is 314 g/mol. The molecule has 24 heavy (non-hydrogen) atoms. The molecule has 0 spiro atoms. The Morgan fingerprint density at radius 3 is 2.71 bits per heavy atom. The SMILES string of the molecule is O=C1CC(O)(c2nccc3c2[nH]c2ccccc23)c2ccccc21. The number of aromatic amines is 1.